The highest BCUT2D eigenvalue weighted by molar-refractivity contribution is 5.90. The molecule has 0 spiro atoms. The van der Waals surface area contributed by atoms with Crippen molar-refractivity contribution < 1.29 is 14.3 Å². The zero-order valence-corrected chi connectivity index (χ0v) is 11.5. The third kappa shape index (κ3) is 2.60. The molecule has 2 aliphatic rings. The van der Waals surface area contributed by atoms with Gasteiger partial charge in [-0.25, -0.2) is 0 Å². The second-order valence-corrected chi connectivity index (χ2v) is 5.37. The summed E-state index contributed by atoms with van der Waals surface area (Å²) in [7, 11) is 1.61. The Kier molecular flexibility index (Phi) is 4.42. The number of hydrogen-bond donors (Lipinski definition) is 2. The van der Waals surface area contributed by atoms with Gasteiger partial charge in [-0.2, -0.15) is 0 Å². The third-order valence-electron chi connectivity index (χ3n) is 4.36. The summed E-state index contributed by atoms with van der Waals surface area (Å²) in [5.74, 6) is -0.0468. The van der Waals surface area contributed by atoms with Crippen molar-refractivity contribution in [2.75, 3.05) is 33.4 Å². The SMILES string of the molecule is CNC(=O)C1CCCN1C(=O)C1(CN)CCOCC1. The van der Waals surface area contributed by atoms with Crippen molar-refractivity contribution in [1.82, 2.24) is 10.2 Å². The van der Waals surface area contributed by atoms with Gasteiger partial charge in [0.15, 0.2) is 0 Å². The summed E-state index contributed by atoms with van der Waals surface area (Å²) < 4.78 is 5.33. The third-order valence-corrected chi connectivity index (χ3v) is 4.36. The van der Waals surface area contributed by atoms with Crippen molar-refractivity contribution in [1.29, 1.82) is 0 Å². The van der Waals surface area contributed by atoms with Crippen LogP contribution in [0, 0.1) is 5.41 Å². The Hall–Kier alpha value is -1.14. The summed E-state index contributed by atoms with van der Waals surface area (Å²) in [4.78, 5) is 26.4. The largest absolute Gasteiger partial charge is 0.381 e. The normalized spacial score (nSPS) is 26.2. The lowest BCUT2D eigenvalue weighted by Crippen LogP contribution is -2.54. The summed E-state index contributed by atoms with van der Waals surface area (Å²) in [6.07, 6.45) is 2.92. The first-order chi connectivity index (χ1) is 9.14. The van der Waals surface area contributed by atoms with Crippen molar-refractivity contribution in [2.24, 2.45) is 11.1 Å². The molecule has 2 amide bonds. The van der Waals surface area contributed by atoms with Gasteiger partial charge in [-0.3, -0.25) is 9.59 Å². The molecule has 2 rings (SSSR count). The van der Waals surface area contributed by atoms with Gasteiger partial charge in [0.1, 0.15) is 6.04 Å². The molecule has 2 saturated heterocycles. The van der Waals surface area contributed by atoms with Crippen LogP contribution in [0.25, 0.3) is 0 Å². The number of likely N-dealkylation sites (tertiary alicyclic amines) is 1. The fraction of sp³-hybridized carbons (Fsp3) is 0.846. The molecule has 108 valence electrons. The van der Waals surface area contributed by atoms with E-state index < -0.39 is 5.41 Å². The average molecular weight is 269 g/mol. The highest BCUT2D eigenvalue weighted by atomic mass is 16.5. The van der Waals surface area contributed by atoms with Gasteiger partial charge in [-0.1, -0.05) is 0 Å². The molecule has 0 aromatic heterocycles. The minimum atomic E-state index is -0.533. The predicted molar refractivity (Wildman–Crippen MR) is 70.3 cm³/mol. The number of rotatable bonds is 3. The Labute approximate surface area is 113 Å². The van der Waals surface area contributed by atoms with Crippen LogP contribution in [0.2, 0.25) is 0 Å². The van der Waals surface area contributed by atoms with Gasteiger partial charge >= 0.3 is 0 Å². The van der Waals surface area contributed by atoms with Gasteiger partial charge in [-0.05, 0) is 25.7 Å². The van der Waals surface area contributed by atoms with Crippen molar-refractivity contribution >= 4 is 11.8 Å². The zero-order chi connectivity index (χ0) is 13.9. The molecule has 3 N–H and O–H groups in total. The minimum Gasteiger partial charge on any atom is -0.381 e. The number of ether oxygens (including phenoxy) is 1. The van der Waals surface area contributed by atoms with Crippen LogP contribution >= 0.6 is 0 Å². The summed E-state index contributed by atoms with van der Waals surface area (Å²) in [5.41, 5.74) is 5.32. The number of likely N-dealkylation sites (N-methyl/N-ethyl adjacent to an activating group) is 1. The number of carbonyl (C=O) groups excluding carboxylic acids is 2. The molecule has 0 aliphatic carbocycles. The molecule has 1 atom stereocenters. The van der Waals surface area contributed by atoms with E-state index in [0.717, 1.165) is 12.8 Å². The number of hydrogen-bond acceptors (Lipinski definition) is 4. The molecule has 6 heteroatoms. The Balaban J connectivity index is 2.14. The van der Waals surface area contributed by atoms with Crippen LogP contribution in [-0.2, 0) is 14.3 Å². The Morgan fingerprint density at radius 3 is 2.68 bits per heavy atom. The highest BCUT2D eigenvalue weighted by Gasteiger charge is 2.45. The summed E-state index contributed by atoms with van der Waals surface area (Å²) in [5, 5.41) is 2.64. The van der Waals surface area contributed by atoms with E-state index in [9.17, 15) is 9.59 Å². The maximum absolute atomic E-state index is 12.8. The van der Waals surface area contributed by atoms with Crippen LogP contribution in [0.5, 0.6) is 0 Å². The van der Waals surface area contributed by atoms with Crippen LogP contribution in [0.4, 0.5) is 0 Å². The molecule has 19 heavy (non-hydrogen) atoms. The second-order valence-electron chi connectivity index (χ2n) is 5.37. The molecular weight excluding hydrogens is 246 g/mol. The molecule has 2 heterocycles. The fourth-order valence-corrected chi connectivity index (χ4v) is 3.02. The van der Waals surface area contributed by atoms with Gasteiger partial charge in [0.05, 0.1) is 5.41 Å². The lowest BCUT2D eigenvalue weighted by atomic mass is 9.78. The van der Waals surface area contributed by atoms with Crippen LogP contribution in [0.1, 0.15) is 25.7 Å². The molecule has 2 aliphatic heterocycles. The molecule has 0 aromatic carbocycles. The molecule has 1 unspecified atom stereocenters. The second kappa shape index (κ2) is 5.88. The van der Waals surface area contributed by atoms with Gasteiger partial charge in [0.25, 0.3) is 0 Å². The van der Waals surface area contributed by atoms with Gasteiger partial charge in [0.2, 0.25) is 11.8 Å². The van der Waals surface area contributed by atoms with Gasteiger partial charge < -0.3 is 20.7 Å². The Bertz CT molecular complexity index is 353. The van der Waals surface area contributed by atoms with Crippen LogP contribution in [0.3, 0.4) is 0 Å². The van der Waals surface area contributed by atoms with E-state index in [0.29, 0.717) is 39.1 Å². The van der Waals surface area contributed by atoms with E-state index in [1.54, 1.807) is 11.9 Å². The number of nitrogens with zero attached hydrogens (tertiary/aromatic N) is 1. The Morgan fingerprint density at radius 2 is 2.11 bits per heavy atom. The quantitative estimate of drug-likeness (QED) is 0.722. The molecule has 0 saturated carbocycles. The molecular formula is C13H23N3O3. The molecule has 0 radical (unpaired) electrons. The summed E-state index contributed by atoms with van der Waals surface area (Å²) in [6, 6.07) is -0.330. The highest BCUT2D eigenvalue weighted by Crippen LogP contribution is 2.34. The number of amides is 2. The lowest BCUT2D eigenvalue weighted by molar-refractivity contribution is -0.151. The van der Waals surface area contributed by atoms with Crippen LogP contribution in [0.15, 0.2) is 0 Å². The fourth-order valence-electron chi connectivity index (χ4n) is 3.02. The van der Waals surface area contributed by atoms with E-state index in [-0.39, 0.29) is 17.9 Å². The smallest absolute Gasteiger partial charge is 0.242 e. The first-order valence-corrected chi connectivity index (χ1v) is 6.95. The minimum absolute atomic E-state index is 0.0319. The zero-order valence-electron chi connectivity index (χ0n) is 11.5. The number of carbonyl (C=O) groups is 2. The van der Waals surface area contributed by atoms with Crippen LogP contribution in [-0.4, -0.2) is 56.1 Å². The molecule has 2 fully saturated rings. The standard InChI is InChI=1S/C13H23N3O3/c1-15-11(17)10-3-2-6-16(10)12(18)13(9-14)4-7-19-8-5-13/h10H,2-9,14H2,1H3,(H,15,17). The molecule has 0 bridgehead atoms. The van der Waals surface area contributed by atoms with E-state index in [2.05, 4.69) is 5.32 Å². The topological polar surface area (TPSA) is 84.7 Å². The first kappa shape index (κ1) is 14.3. The van der Waals surface area contributed by atoms with Crippen molar-refractivity contribution in [3.63, 3.8) is 0 Å². The van der Waals surface area contributed by atoms with E-state index in [4.69, 9.17) is 10.5 Å². The van der Waals surface area contributed by atoms with Crippen molar-refractivity contribution in [3.8, 4) is 0 Å². The van der Waals surface area contributed by atoms with Crippen molar-refractivity contribution in [3.05, 3.63) is 0 Å². The predicted octanol–water partition coefficient (Wildman–Crippen LogP) is -0.521. The molecule has 6 nitrogen and oxygen atoms in total. The van der Waals surface area contributed by atoms with Gasteiger partial charge in [-0.15, -0.1) is 0 Å². The van der Waals surface area contributed by atoms with E-state index >= 15 is 0 Å². The van der Waals surface area contributed by atoms with E-state index in [1.807, 2.05) is 0 Å². The van der Waals surface area contributed by atoms with Crippen molar-refractivity contribution in [2.45, 2.75) is 31.7 Å². The average Bonchev–Trinajstić information content (AvgIpc) is 2.95. The number of nitrogens with one attached hydrogen (secondary N) is 1. The maximum atomic E-state index is 12.8. The maximum Gasteiger partial charge on any atom is 0.242 e. The van der Waals surface area contributed by atoms with Crippen LogP contribution < -0.4 is 11.1 Å². The summed E-state index contributed by atoms with van der Waals surface area (Å²) in [6.45, 7) is 2.12. The summed E-state index contributed by atoms with van der Waals surface area (Å²) >= 11 is 0. The lowest BCUT2D eigenvalue weighted by Gasteiger charge is -2.39. The monoisotopic (exact) mass is 269 g/mol. The first-order valence-electron chi connectivity index (χ1n) is 6.95. The van der Waals surface area contributed by atoms with E-state index in [1.165, 1.54) is 0 Å². The molecule has 0 aromatic rings. The Morgan fingerprint density at radius 1 is 1.42 bits per heavy atom. The number of nitrogens with two attached hydrogens (primary N) is 1. The van der Waals surface area contributed by atoms with Gasteiger partial charge in [0, 0.05) is 33.4 Å².